The summed E-state index contributed by atoms with van der Waals surface area (Å²) in [6, 6.07) is 3.61. The third kappa shape index (κ3) is 2.76. The van der Waals surface area contributed by atoms with Crippen LogP contribution in [-0.2, 0) is 12.6 Å². The second-order valence-corrected chi connectivity index (χ2v) is 5.63. The lowest BCUT2D eigenvalue weighted by molar-refractivity contribution is -0.138. The number of ether oxygens (including phenoxy) is 1. The van der Waals surface area contributed by atoms with Gasteiger partial charge in [-0.15, -0.1) is 17.9 Å². The molecule has 7 heteroatoms. The predicted molar refractivity (Wildman–Crippen MR) is 81.3 cm³/mol. The van der Waals surface area contributed by atoms with Gasteiger partial charge in [-0.1, -0.05) is 18.2 Å². The molecule has 3 N–H and O–H groups in total. The molecule has 2 rings (SSSR count). The van der Waals surface area contributed by atoms with Gasteiger partial charge in [0.1, 0.15) is 11.5 Å². The van der Waals surface area contributed by atoms with Crippen LogP contribution >= 0.6 is 11.3 Å². The number of allylic oxidation sites excluding steroid dienone is 1. The highest BCUT2D eigenvalue weighted by Crippen LogP contribution is 2.50. The third-order valence-electron chi connectivity index (χ3n) is 3.10. The van der Waals surface area contributed by atoms with E-state index in [4.69, 9.17) is 10.5 Å². The molecule has 0 spiro atoms. The van der Waals surface area contributed by atoms with Gasteiger partial charge in [-0.3, -0.25) is 0 Å². The zero-order chi connectivity index (χ0) is 16.5. The van der Waals surface area contributed by atoms with E-state index >= 15 is 0 Å². The van der Waals surface area contributed by atoms with Crippen molar-refractivity contribution in [3.63, 3.8) is 0 Å². The first-order valence-electron chi connectivity index (χ1n) is 6.26. The highest BCUT2D eigenvalue weighted by molar-refractivity contribution is 7.17. The number of nitrogens with two attached hydrogens (primary N) is 1. The summed E-state index contributed by atoms with van der Waals surface area (Å²) in [6.07, 6.45) is -2.61. The Kier molecular flexibility index (Phi) is 4.37. The van der Waals surface area contributed by atoms with E-state index in [2.05, 4.69) is 6.58 Å². The van der Waals surface area contributed by atoms with Crippen molar-refractivity contribution < 1.29 is 23.0 Å². The van der Waals surface area contributed by atoms with Gasteiger partial charge < -0.3 is 15.6 Å². The number of hydrogen-bond acceptors (Lipinski definition) is 4. The lowest BCUT2D eigenvalue weighted by atomic mass is 10.0. The average molecular weight is 329 g/mol. The molecular formula is C15H14F3NO2S. The molecule has 22 heavy (non-hydrogen) atoms. The summed E-state index contributed by atoms with van der Waals surface area (Å²) in [5.74, 6) is -0.500. The van der Waals surface area contributed by atoms with Gasteiger partial charge in [0.05, 0.1) is 28.1 Å². The summed E-state index contributed by atoms with van der Waals surface area (Å²) in [6.45, 7) is 3.57. The molecule has 118 valence electrons. The van der Waals surface area contributed by atoms with E-state index in [1.807, 2.05) is 0 Å². The lowest BCUT2D eigenvalue weighted by Crippen LogP contribution is -2.08. The maximum absolute atomic E-state index is 13.1. The van der Waals surface area contributed by atoms with Crippen LogP contribution in [0, 0.1) is 0 Å². The minimum Gasteiger partial charge on any atom is -0.506 e. The number of aromatic hydroxyl groups is 1. The molecule has 0 unspecified atom stereocenters. The minimum atomic E-state index is -4.56. The van der Waals surface area contributed by atoms with Crippen molar-refractivity contribution in [1.29, 1.82) is 0 Å². The fourth-order valence-electron chi connectivity index (χ4n) is 2.19. The van der Waals surface area contributed by atoms with Crippen molar-refractivity contribution in [1.82, 2.24) is 0 Å². The second-order valence-electron chi connectivity index (χ2n) is 4.49. The van der Waals surface area contributed by atoms with E-state index in [9.17, 15) is 18.3 Å². The molecule has 2 aromatic rings. The Hall–Kier alpha value is -2.15. The van der Waals surface area contributed by atoms with E-state index in [1.165, 1.54) is 12.1 Å². The summed E-state index contributed by atoms with van der Waals surface area (Å²) in [5, 5.41) is 10.5. The van der Waals surface area contributed by atoms with E-state index < -0.39 is 11.7 Å². The van der Waals surface area contributed by atoms with Crippen molar-refractivity contribution in [3.8, 4) is 22.6 Å². The lowest BCUT2D eigenvalue weighted by Gasteiger charge is -2.15. The van der Waals surface area contributed by atoms with Gasteiger partial charge in [0, 0.05) is 12.0 Å². The number of rotatable bonds is 4. The SMILES string of the molecule is C=CCc1sc(N)c(-c2cccc(C(F)(F)F)c2OC)c1O. The van der Waals surface area contributed by atoms with E-state index in [-0.39, 0.29) is 27.6 Å². The van der Waals surface area contributed by atoms with Crippen LogP contribution in [0.15, 0.2) is 30.9 Å². The molecule has 0 aliphatic rings. The largest absolute Gasteiger partial charge is 0.506 e. The number of benzene rings is 1. The van der Waals surface area contributed by atoms with Crippen LogP contribution in [0.1, 0.15) is 10.4 Å². The first-order valence-corrected chi connectivity index (χ1v) is 7.08. The van der Waals surface area contributed by atoms with Crippen LogP contribution < -0.4 is 10.5 Å². The molecule has 0 bridgehead atoms. The zero-order valence-electron chi connectivity index (χ0n) is 11.7. The van der Waals surface area contributed by atoms with Crippen LogP contribution in [0.4, 0.5) is 18.2 Å². The first-order chi connectivity index (χ1) is 10.3. The van der Waals surface area contributed by atoms with Gasteiger partial charge in [0.25, 0.3) is 0 Å². The molecular weight excluding hydrogens is 315 g/mol. The predicted octanol–water partition coefficient (Wildman–Crippen LogP) is 4.46. The summed E-state index contributed by atoms with van der Waals surface area (Å²) in [7, 11) is 1.15. The number of nitrogen functional groups attached to an aromatic ring is 1. The molecule has 1 aromatic heterocycles. The minimum absolute atomic E-state index is 0.110. The van der Waals surface area contributed by atoms with Crippen LogP contribution in [-0.4, -0.2) is 12.2 Å². The number of halogens is 3. The number of anilines is 1. The maximum Gasteiger partial charge on any atom is 0.419 e. The van der Waals surface area contributed by atoms with Crippen LogP contribution in [0.3, 0.4) is 0 Å². The van der Waals surface area contributed by atoms with Gasteiger partial charge in [-0.05, 0) is 6.07 Å². The van der Waals surface area contributed by atoms with Crippen molar-refractivity contribution >= 4 is 16.3 Å². The van der Waals surface area contributed by atoms with Crippen LogP contribution in [0.2, 0.25) is 0 Å². The van der Waals surface area contributed by atoms with Gasteiger partial charge in [0.2, 0.25) is 0 Å². The number of methoxy groups -OCH3 is 1. The highest BCUT2D eigenvalue weighted by Gasteiger charge is 2.36. The molecule has 1 aromatic carbocycles. The third-order valence-corrected chi connectivity index (χ3v) is 4.13. The van der Waals surface area contributed by atoms with Crippen molar-refractivity contribution in [3.05, 3.63) is 41.3 Å². The Balaban J connectivity index is 2.71. The van der Waals surface area contributed by atoms with E-state index in [0.717, 1.165) is 24.5 Å². The monoisotopic (exact) mass is 329 g/mol. The average Bonchev–Trinajstić information content (AvgIpc) is 2.72. The standard InChI is InChI=1S/C15H14F3NO2S/c1-3-5-10-12(20)11(14(19)22-10)8-6-4-7-9(13(8)21-2)15(16,17)18/h3-4,6-7,20H,1,5,19H2,2H3. The van der Waals surface area contributed by atoms with Crippen LogP contribution in [0.5, 0.6) is 11.5 Å². The molecule has 0 aliphatic carbocycles. The summed E-state index contributed by atoms with van der Waals surface area (Å²) < 4.78 is 44.2. The Morgan fingerprint density at radius 2 is 2.09 bits per heavy atom. The summed E-state index contributed by atoms with van der Waals surface area (Å²) in [4.78, 5) is 0.543. The molecule has 3 nitrogen and oxygen atoms in total. The Bertz CT molecular complexity index is 708. The second kappa shape index (κ2) is 5.92. The molecule has 0 atom stereocenters. The molecule has 0 fully saturated rings. The molecule has 0 saturated heterocycles. The van der Waals surface area contributed by atoms with Crippen molar-refractivity contribution in [2.75, 3.05) is 12.8 Å². The Labute approximate surface area is 129 Å². The highest BCUT2D eigenvalue weighted by atomic mass is 32.1. The Morgan fingerprint density at radius 1 is 1.41 bits per heavy atom. The summed E-state index contributed by atoms with van der Waals surface area (Å²) in [5.41, 5.74) is 5.23. The Morgan fingerprint density at radius 3 is 2.64 bits per heavy atom. The molecule has 0 saturated carbocycles. The maximum atomic E-state index is 13.1. The van der Waals surface area contributed by atoms with Crippen molar-refractivity contribution in [2.24, 2.45) is 0 Å². The van der Waals surface area contributed by atoms with Crippen LogP contribution in [0.25, 0.3) is 11.1 Å². The fourth-order valence-corrected chi connectivity index (χ4v) is 3.17. The quantitative estimate of drug-likeness (QED) is 0.814. The van der Waals surface area contributed by atoms with E-state index in [0.29, 0.717) is 11.3 Å². The van der Waals surface area contributed by atoms with Gasteiger partial charge in [-0.25, -0.2) is 0 Å². The molecule has 1 heterocycles. The smallest absolute Gasteiger partial charge is 0.419 e. The number of para-hydroxylation sites is 1. The normalized spacial score (nSPS) is 11.5. The fraction of sp³-hybridized carbons (Fsp3) is 0.200. The van der Waals surface area contributed by atoms with E-state index in [1.54, 1.807) is 6.08 Å². The zero-order valence-corrected chi connectivity index (χ0v) is 12.5. The first kappa shape index (κ1) is 16.2. The summed E-state index contributed by atoms with van der Waals surface area (Å²) >= 11 is 1.11. The van der Waals surface area contributed by atoms with Gasteiger partial charge >= 0.3 is 6.18 Å². The molecule has 0 amide bonds. The number of thiophene rings is 1. The topological polar surface area (TPSA) is 55.5 Å². The molecule has 0 radical (unpaired) electrons. The van der Waals surface area contributed by atoms with Crippen molar-refractivity contribution in [2.45, 2.75) is 12.6 Å². The number of hydrogen-bond donors (Lipinski definition) is 2. The van der Waals surface area contributed by atoms with Gasteiger partial charge in [-0.2, -0.15) is 13.2 Å². The molecule has 0 aliphatic heterocycles. The number of alkyl halides is 3. The van der Waals surface area contributed by atoms with Gasteiger partial charge in [0.15, 0.2) is 0 Å².